The summed E-state index contributed by atoms with van der Waals surface area (Å²) in [6.07, 6.45) is 2.28. The van der Waals surface area contributed by atoms with Gasteiger partial charge < -0.3 is 15.4 Å². The molecule has 3 rings (SSSR count). The lowest BCUT2D eigenvalue weighted by Gasteiger charge is -2.16. The number of carbonyl (C=O) groups excluding carboxylic acids is 1. The van der Waals surface area contributed by atoms with Crippen LogP contribution >= 0.6 is 0 Å². The number of nitrogens with one attached hydrogen (secondary N) is 2. The summed E-state index contributed by atoms with van der Waals surface area (Å²) in [4.78, 5) is 17.1. The fourth-order valence-electron chi connectivity index (χ4n) is 3.16. The van der Waals surface area contributed by atoms with Gasteiger partial charge in [0.05, 0.1) is 23.3 Å². The van der Waals surface area contributed by atoms with E-state index in [4.69, 9.17) is 10.00 Å². The Morgan fingerprint density at radius 2 is 1.69 bits per heavy atom. The molecule has 0 aliphatic rings. The van der Waals surface area contributed by atoms with Gasteiger partial charge in [-0.2, -0.15) is 10.5 Å². The van der Waals surface area contributed by atoms with Crippen LogP contribution in [-0.2, 0) is 0 Å². The highest BCUT2D eigenvalue weighted by atomic mass is 16.5. The fraction of sp³-hybridized carbons (Fsp3) is 0.200. The monoisotopic (exact) mass is 425 g/mol. The number of hydrogen-bond acceptors (Lipinski definition) is 6. The predicted octanol–water partition coefficient (Wildman–Crippen LogP) is 5.12. The molecule has 32 heavy (non-hydrogen) atoms. The number of rotatable bonds is 7. The summed E-state index contributed by atoms with van der Waals surface area (Å²) >= 11 is 0. The Bertz CT molecular complexity index is 1200. The van der Waals surface area contributed by atoms with E-state index >= 15 is 0 Å². The van der Waals surface area contributed by atoms with Crippen LogP contribution in [0.4, 0.5) is 11.5 Å². The number of pyridine rings is 1. The van der Waals surface area contributed by atoms with E-state index in [0.717, 1.165) is 23.2 Å². The second-order valence-corrected chi connectivity index (χ2v) is 7.29. The van der Waals surface area contributed by atoms with Crippen molar-refractivity contribution >= 4 is 17.4 Å². The van der Waals surface area contributed by atoms with Crippen LogP contribution in [0.5, 0.6) is 11.5 Å². The Kier molecular flexibility index (Phi) is 7.05. The summed E-state index contributed by atoms with van der Waals surface area (Å²) in [6.45, 7) is 6.23. The number of nitriles is 2. The summed E-state index contributed by atoms with van der Waals surface area (Å²) in [6, 6.07) is 16.3. The average Bonchev–Trinajstić information content (AvgIpc) is 2.80. The van der Waals surface area contributed by atoms with Crippen molar-refractivity contribution in [2.75, 3.05) is 11.9 Å². The summed E-state index contributed by atoms with van der Waals surface area (Å²) in [5.74, 6) is 1.15. The molecular weight excluding hydrogens is 402 g/mol. The third-order valence-electron chi connectivity index (χ3n) is 4.73. The van der Waals surface area contributed by atoms with Crippen molar-refractivity contribution in [2.24, 2.45) is 0 Å². The molecule has 1 aromatic heterocycles. The molecule has 0 saturated heterocycles. The predicted molar refractivity (Wildman–Crippen MR) is 122 cm³/mol. The van der Waals surface area contributed by atoms with Gasteiger partial charge in [0.25, 0.3) is 5.91 Å². The molecule has 2 N–H and O–H groups in total. The number of hydrogen-bond donors (Lipinski definition) is 2. The molecule has 7 nitrogen and oxygen atoms in total. The normalized spacial score (nSPS) is 10.0. The van der Waals surface area contributed by atoms with Gasteiger partial charge in [-0.05, 0) is 67.8 Å². The van der Waals surface area contributed by atoms with Crippen LogP contribution in [0.1, 0.15) is 46.0 Å². The molecule has 0 unspecified atom stereocenters. The Balaban J connectivity index is 1.98. The minimum Gasteiger partial charge on any atom is -0.456 e. The van der Waals surface area contributed by atoms with Crippen LogP contribution in [0.15, 0.2) is 48.7 Å². The molecule has 0 fully saturated rings. The van der Waals surface area contributed by atoms with Gasteiger partial charge in [0, 0.05) is 24.5 Å². The van der Waals surface area contributed by atoms with Gasteiger partial charge in [-0.3, -0.25) is 4.79 Å². The Morgan fingerprint density at radius 1 is 1.03 bits per heavy atom. The number of benzene rings is 2. The van der Waals surface area contributed by atoms with Crippen LogP contribution in [0.25, 0.3) is 0 Å². The first-order valence-corrected chi connectivity index (χ1v) is 10.2. The standard InChI is InChI=1S/C25H23N5O2/c1-4-9-28-25(31)21-15-29-23(30-20-7-5-18(13-26)6-8-20)12-22(21)32-24-16(2)10-19(14-27)11-17(24)3/h5-8,10-12,15H,4,9H2,1-3H3,(H,28,31)(H,29,30). The molecule has 0 spiro atoms. The van der Waals surface area contributed by atoms with E-state index in [1.807, 2.05) is 20.8 Å². The van der Waals surface area contributed by atoms with E-state index in [0.29, 0.717) is 40.6 Å². The highest BCUT2D eigenvalue weighted by Gasteiger charge is 2.17. The highest BCUT2D eigenvalue weighted by molar-refractivity contribution is 5.97. The molecule has 7 heteroatoms. The molecule has 3 aromatic rings. The zero-order valence-corrected chi connectivity index (χ0v) is 18.2. The van der Waals surface area contributed by atoms with E-state index in [-0.39, 0.29) is 5.91 Å². The van der Waals surface area contributed by atoms with Gasteiger partial charge in [-0.15, -0.1) is 0 Å². The molecule has 0 radical (unpaired) electrons. The lowest BCUT2D eigenvalue weighted by molar-refractivity contribution is 0.0951. The lowest BCUT2D eigenvalue weighted by atomic mass is 10.1. The molecule has 160 valence electrons. The fourth-order valence-corrected chi connectivity index (χ4v) is 3.16. The van der Waals surface area contributed by atoms with Gasteiger partial charge in [-0.25, -0.2) is 4.98 Å². The zero-order valence-electron chi connectivity index (χ0n) is 18.2. The summed E-state index contributed by atoms with van der Waals surface area (Å²) in [5, 5.41) is 24.2. The second kappa shape index (κ2) is 10.1. The molecule has 1 amide bonds. The van der Waals surface area contributed by atoms with Gasteiger partial charge in [-0.1, -0.05) is 6.92 Å². The first-order valence-electron chi connectivity index (χ1n) is 10.2. The van der Waals surface area contributed by atoms with Crippen LogP contribution < -0.4 is 15.4 Å². The largest absolute Gasteiger partial charge is 0.456 e. The van der Waals surface area contributed by atoms with E-state index in [2.05, 4.69) is 27.8 Å². The number of anilines is 2. The van der Waals surface area contributed by atoms with Crippen molar-refractivity contribution < 1.29 is 9.53 Å². The molecule has 0 aliphatic heterocycles. The molecule has 0 atom stereocenters. The van der Waals surface area contributed by atoms with Crippen LogP contribution in [0.2, 0.25) is 0 Å². The van der Waals surface area contributed by atoms with E-state index in [9.17, 15) is 10.1 Å². The minimum absolute atomic E-state index is 0.275. The molecule has 0 bridgehead atoms. The average molecular weight is 425 g/mol. The third-order valence-corrected chi connectivity index (χ3v) is 4.73. The van der Waals surface area contributed by atoms with Gasteiger partial charge in [0.1, 0.15) is 22.9 Å². The maximum atomic E-state index is 12.7. The van der Waals surface area contributed by atoms with Gasteiger partial charge in [0.15, 0.2) is 0 Å². The maximum absolute atomic E-state index is 12.7. The number of aromatic nitrogens is 1. The quantitative estimate of drug-likeness (QED) is 0.544. The van der Waals surface area contributed by atoms with E-state index in [1.165, 1.54) is 6.20 Å². The van der Waals surface area contributed by atoms with Gasteiger partial charge >= 0.3 is 0 Å². The Labute approximate surface area is 187 Å². The van der Waals surface area contributed by atoms with Crippen molar-refractivity contribution in [1.82, 2.24) is 10.3 Å². The maximum Gasteiger partial charge on any atom is 0.256 e. The topological polar surface area (TPSA) is 111 Å². The first kappa shape index (κ1) is 22.3. The van der Waals surface area contributed by atoms with Crippen LogP contribution in [-0.4, -0.2) is 17.4 Å². The summed E-state index contributed by atoms with van der Waals surface area (Å²) in [7, 11) is 0. The number of nitrogens with zero attached hydrogens (tertiary/aromatic N) is 3. The molecule has 2 aromatic carbocycles. The molecule has 0 aliphatic carbocycles. The molecule has 1 heterocycles. The zero-order chi connectivity index (χ0) is 23.1. The number of aryl methyl sites for hydroxylation is 2. The third kappa shape index (κ3) is 5.21. The molecule has 0 saturated carbocycles. The summed E-state index contributed by atoms with van der Waals surface area (Å²) < 4.78 is 6.19. The lowest BCUT2D eigenvalue weighted by Crippen LogP contribution is -2.24. The Morgan fingerprint density at radius 3 is 2.28 bits per heavy atom. The van der Waals surface area contributed by atoms with Crippen LogP contribution in [0, 0.1) is 36.5 Å². The number of amides is 1. The van der Waals surface area contributed by atoms with Crippen molar-refractivity contribution in [3.8, 4) is 23.6 Å². The van der Waals surface area contributed by atoms with Crippen molar-refractivity contribution in [1.29, 1.82) is 10.5 Å². The minimum atomic E-state index is -0.275. The van der Waals surface area contributed by atoms with E-state index in [1.54, 1.807) is 42.5 Å². The van der Waals surface area contributed by atoms with Crippen LogP contribution in [0.3, 0.4) is 0 Å². The Hall–Kier alpha value is -4.36. The van der Waals surface area contributed by atoms with Crippen molar-refractivity contribution in [3.63, 3.8) is 0 Å². The van der Waals surface area contributed by atoms with Gasteiger partial charge in [0.2, 0.25) is 0 Å². The first-order chi connectivity index (χ1) is 15.4. The second-order valence-electron chi connectivity index (χ2n) is 7.29. The van der Waals surface area contributed by atoms with Crippen molar-refractivity contribution in [2.45, 2.75) is 27.2 Å². The number of carbonyl (C=O) groups is 1. The molecular formula is C25H23N5O2. The highest BCUT2D eigenvalue weighted by Crippen LogP contribution is 2.33. The van der Waals surface area contributed by atoms with Crippen molar-refractivity contribution in [3.05, 3.63) is 76.5 Å². The summed E-state index contributed by atoms with van der Waals surface area (Å²) in [5.41, 5.74) is 3.75. The smallest absolute Gasteiger partial charge is 0.256 e. The number of ether oxygens (including phenoxy) is 1. The van der Waals surface area contributed by atoms with E-state index < -0.39 is 0 Å². The SMILES string of the molecule is CCCNC(=O)c1cnc(Nc2ccc(C#N)cc2)cc1Oc1c(C)cc(C#N)cc1C.